The fourth-order valence-electron chi connectivity index (χ4n) is 6.26. The summed E-state index contributed by atoms with van der Waals surface area (Å²) in [6.45, 7) is 4.58. The van der Waals surface area contributed by atoms with Crippen LogP contribution in [0.25, 0.3) is 11.1 Å². The molecule has 46 heavy (non-hydrogen) atoms. The van der Waals surface area contributed by atoms with Crippen molar-refractivity contribution >= 4 is 50.4 Å². The van der Waals surface area contributed by atoms with Gasteiger partial charge in [-0.1, -0.05) is 18.2 Å². The molecule has 2 unspecified atom stereocenters. The lowest BCUT2D eigenvalue weighted by atomic mass is 9.80. The van der Waals surface area contributed by atoms with Gasteiger partial charge in [-0.05, 0) is 76.2 Å². The number of carbonyl (C=O) groups is 1. The second-order valence-electron chi connectivity index (χ2n) is 11.3. The van der Waals surface area contributed by atoms with Crippen molar-refractivity contribution in [1.29, 1.82) is 0 Å². The molecule has 0 saturated carbocycles. The number of rotatable bonds is 9. The van der Waals surface area contributed by atoms with Crippen LogP contribution in [-0.4, -0.2) is 87.9 Å². The van der Waals surface area contributed by atoms with Crippen LogP contribution in [0.2, 0.25) is 0 Å². The average Bonchev–Trinajstić information content (AvgIpc) is 3.77. The Hall–Kier alpha value is -4.36. The maximum absolute atomic E-state index is 13.4. The smallest absolute Gasteiger partial charge is 0.348 e. The highest BCUT2D eigenvalue weighted by Crippen LogP contribution is 2.50. The van der Waals surface area contributed by atoms with Crippen molar-refractivity contribution in [3.05, 3.63) is 107 Å². The summed E-state index contributed by atoms with van der Waals surface area (Å²) in [4.78, 5) is 26.7. The Bertz CT molecular complexity index is 1890. The number of aliphatic imine (C=N–C) groups is 1. The van der Waals surface area contributed by atoms with Gasteiger partial charge >= 0.3 is 10.1 Å². The first-order chi connectivity index (χ1) is 22.4. The molecule has 5 heterocycles. The standard InChI is InChI=1S/C34H33N5O5S2/c1-43-19-18-38-14-16-39(17-15-38)34(40)25-6-4-23(5-7-25)28-22-36-33-32(31(28)24-10-12-35-13-11-24)27-21-26(8-9-29(27)37-33)44-46(41,42)30-3-2-20-45-30/h2-13,20-22,32-33,37H,14-19H2,1H3. The van der Waals surface area contributed by atoms with Gasteiger partial charge < -0.3 is 19.1 Å². The second-order valence-corrected chi connectivity index (χ2v) is 14.1. The van der Waals surface area contributed by atoms with Crippen LogP contribution in [0.4, 0.5) is 5.69 Å². The third-order valence-corrected chi connectivity index (χ3v) is 11.2. The van der Waals surface area contributed by atoms with E-state index < -0.39 is 10.1 Å². The van der Waals surface area contributed by atoms with Crippen LogP contribution in [0.15, 0.2) is 93.7 Å². The number of nitrogens with zero attached hydrogens (tertiary/aromatic N) is 4. The van der Waals surface area contributed by atoms with E-state index in [0.29, 0.717) is 25.3 Å². The number of benzene rings is 2. The fourth-order valence-corrected chi connectivity index (χ4v) is 8.14. The predicted molar refractivity (Wildman–Crippen MR) is 179 cm³/mol. The van der Waals surface area contributed by atoms with Gasteiger partial charge in [-0.15, -0.1) is 11.3 Å². The molecule has 7 rings (SSSR count). The minimum atomic E-state index is -3.95. The molecule has 4 aromatic rings. The van der Waals surface area contributed by atoms with Gasteiger partial charge in [0.05, 0.1) is 12.5 Å². The largest absolute Gasteiger partial charge is 0.383 e. The zero-order valence-corrected chi connectivity index (χ0v) is 26.8. The van der Waals surface area contributed by atoms with Crippen LogP contribution in [-0.2, 0) is 14.9 Å². The number of hydrogen-bond donors (Lipinski definition) is 1. The Morgan fingerprint density at radius 2 is 1.78 bits per heavy atom. The number of allylic oxidation sites excluding steroid dienone is 1. The van der Waals surface area contributed by atoms with E-state index in [1.807, 2.05) is 53.6 Å². The van der Waals surface area contributed by atoms with E-state index in [1.165, 1.54) is 6.07 Å². The molecule has 0 bridgehead atoms. The van der Waals surface area contributed by atoms with Crippen LogP contribution >= 0.6 is 11.3 Å². The van der Waals surface area contributed by atoms with Gasteiger partial charge in [-0.2, -0.15) is 8.42 Å². The summed E-state index contributed by atoms with van der Waals surface area (Å²) in [6.07, 6.45) is 5.11. The van der Waals surface area contributed by atoms with Crippen molar-refractivity contribution < 1.29 is 22.1 Å². The Morgan fingerprint density at radius 3 is 2.50 bits per heavy atom. The first-order valence-corrected chi connectivity index (χ1v) is 17.4. The van der Waals surface area contributed by atoms with Crippen LogP contribution in [0.1, 0.15) is 33.0 Å². The van der Waals surface area contributed by atoms with E-state index in [1.54, 1.807) is 43.1 Å². The Kier molecular flexibility index (Phi) is 8.43. The van der Waals surface area contributed by atoms with Crippen molar-refractivity contribution in [2.75, 3.05) is 51.8 Å². The summed E-state index contributed by atoms with van der Waals surface area (Å²) < 4.78 is 36.7. The van der Waals surface area contributed by atoms with Gasteiger partial charge in [0, 0.05) is 75.3 Å². The maximum Gasteiger partial charge on any atom is 0.348 e. The van der Waals surface area contributed by atoms with E-state index in [9.17, 15) is 13.2 Å². The molecule has 1 amide bonds. The summed E-state index contributed by atoms with van der Waals surface area (Å²) in [6, 6.07) is 20.1. The molecule has 12 heteroatoms. The van der Waals surface area contributed by atoms with Gasteiger partial charge in [-0.25, -0.2) is 0 Å². The van der Waals surface area contributed by atoms with Crippen molar-refractivity contribution in [1.82, 2.24) is 14.8 Å². The third-order valence-electron chi connectivity index (χ3n) is 8.60. The quantitative estimate of drug-likeness (QED) is 0.255. The highest BCUT2D eigenvalue weighted by molar-refractivity contribution is 7.89. The molecular weight excluding hydrogens is 623 g/mol. The maximum atomic E-state index is 13.4. The topological polar surface area (TPSA) is 113 Å². The lowest BCUT2D eigenvalue weighted by Crippen LogP contribution is -2.49. The number of dihydropyridines is 1. The fraction of sp³-hybridized carbons (Fsp3) is 0.265. The molecule has 2 atom stereocenters. The minimum Gasteiger partial charge on any atom is -0.383 e. The molecule has 10 nitrogen and oxygen atoms in total. The predicted octanol–water partition coefficient (Wildman–Crippen LogP) is 4.85. The average molecular weight is 656 g/mol. The van der Waals surface area contributed by atoms with Gasteiger partial charge in [0.2, 0.25) is 0 Å². The minimum absolute atomic E-state index is 0.0256. The highest BCUT2D eigenvalue weighted by atomic mass is 32.3. The number of aromatic nitrogens is 1. The van der Waals surface area contributed by atoms with E-state index in [0.717, 1.165) is 64.5 Å². The molecule has 2 aromatic heterocycles. The molecule has 0 radical (unpaired) electrons. The number of piperazine rings is 1. The van der Waals surface area contributed by atoms with Crippen LogP contribution in [0, 0.1) is 0 Å². The highest BCUT2D eigenvalue weighted by Gasteiger charge is 2.39. The summed E-state index contributed by atoms with van der Waals surface area (Å²) >= 11 is 1.11. The Morgan fingerprint density at radius 1 is 1.00 bits per heavy atom. The number of ether oxygens (including phenoxy) is 1. The van der Waals surface area contributed by atoms with Crippen molar-refractivity contribution in [2.45, 2.75) is 16.3 Å². The molecule has 2 aromatic carbocycles. The third kappa shape index (κ3) is 5.96. The lowest BCUT2D eigenvalue weighted by molar-refractivity contribution is 0.0594. The molecule has 1 N–H and O–H groups in total. The summed E-state index contributed by atoms with van der Waals surface area (Å²) in [7, 11) is -2.25. The summed E-state index contributed by atoms with van der Waals surface area (Å²) in [5.41, 5.74) is 6.25. The van der Waals surface area contributed by atoms with Crippen LogP contribution < -0.4 is 9.50 Å². The zero-order valence-electron chi connectivity index (χ0n) is 25.2. The zero-order chi connectivity index (χ0) is 31.7. The number of methoxy groups -OCH3 is 1. The molecule has 0 aliphatic carbocycles. The number of hydrogen-bond acceptors (Lipinski definition) is 10. The molecule has 1 fully saturated rings. The molecule has 236 valence electrons. The monoisotopic (exact) mass is 655 g/mol. The first kappa shape index (κ1) is 30.3. The molecule has 0 spiro atoms. The van der Waals surface area contributed by atoms with Crippen LogP contribution in [0.3, 0.4) is 0 Å². The van der Waals surface area contributed by atoms with E-state index in [-0.39, 0.29) is 27.9 Å². The number of amides is 1. The Balaban J connectivity index is 1.19. The van der Waals surface area contributed by atoms with Gasteiger partial charge in [0.15, 0.2) is 4.21 Å². The number of pyridine rings is 1. The van der Waals surface area contributed by atoms with Crippen LogP contribution in [0.5, 0.6) is 5.75 Å². The van der Waals surface area contributed by atoms with Crippen molar-refractivity contribution in [3.8, 4) is 5.75 Å². The van der Waals surface area contributed by atoms with E-state index in [2.05, 4.69) is 15.2 Å². The lowest BCUT2D eigenvalue weighted by Gasteiger charge is -2.34. The molecule has 3 aliphatic rings. The van der Waals surface area contributed by atoms with E-state index >= 15 is 0 Å². The SMILES string of the molecule is COCCN1CCN(C(=O)c2ccc(C3=C(c4ccncc4)C4c5cc(OS(=O)(=O)c6cccs6)ccc5NC4N=C3)cc2)CC1. The Labute approximate surface area is 272 Å². The normalized spacial score (nSPS) is 19.5. The molecular formula is C34H33N5O5S2. The summed E-state index contributed by atoms with van der Waals surface area (Å²) in [5, 5.41) is 5.19. The number of nitrogens with one attached hydrogen (secondary N) is 1. The molecule has 1 saturated heterocycles. The first-order valence-electron chi connectivity index (χ1n) is 15.1. The summed E-state index contributed by atoms with van der Waals surface area (Å²) in [5.74, 6) is 0.0425. The van der Waals surface area contributed by atoms with E-state index in [4.69, 9.17) is 13.9 Å². The molecule has 3 aliphatic heterocycles. The van der Waals surface area contributed by atoms with Crippen molar-refractivity contribution in [3.63, 3.8) is 0 Å². The number of thiophene rings is 1. The second kappa shape index (κ2) is 12.8. The van der Waals surface area contributed by atoms with Gasteiger partial charge in [0.1, 0.15) is 11.9 Å². The van der Waals surface area contributed by atoms with Gasteiger partial charge in [-0.3, -0.25) is 19.7 Å². The van der Waals surface area contributed by atoms with Gasteiger partial charge in [0.25, 0.3) is 5.91 Å². The van der Waals surface area contributed by atoms with Crippen molar-refractivity contribution in [2.24, 2.45) is 4.99 Å². The number of fused-ring (bicyclic) bond motifs is 3. The number of carbonyl (C=O) groups excluding carboxylic acids is 1. The number of anilines is 1.